The lowest BCUT2D eigenvalue weighted by Crippen LogP contribution is -2.40. The SMILES string of the molecule is CCCN1C(=O)CNc2cc(C)cc(Cl)c21. The summed E-state index contributed by atoms with van der Waals surface area (Å²) in [6.07, 6.45) is 0.926. The first kappa shape index (κ1) is 11.3. The monoisotopic (exact) mass is 238 g/mol. The standard InChI is InChI=1S/C12H15ClN2O/c1-3-4-15-11(16)7-14-10-6-8(2)5-9(13)12(10)15/h5-6,14H,3-4,7H2,1-2H3. The molecule has 86 valence electrons. The number of hydrogen-bond donors (Lipinski definition) is 1. The largest absolute Gasteiger partial charge is 0.374 e. The summed E-state index contributed by atoms with van der Waals surface area (Å²) >= 11 is 6.21. The molecule has 0 unspecified atom stereocenters. The van der Waals surface area contributed by atoms with Gasteiger partial charge in [-0.05, 0) is 31.0 Å². The molecule has 1 aromatic rings. The Hall–Kier alpha value is -1.22. The van der Waals surface area contributed by atoms with Gasteiger partial charge in [0.05, 0.1) is 22.9 Å². The smallest absolute Gasteiger partial charge is 0.246 e. The van der Waals surface area contributed by atoms with Gasteiger partial charge in [0.1, 0.15) is 0 Å². The first-order chi connectivity index (χ1) is 7.63. The van der Waals surface area contributed by atoms with Gasteiger partial charge < -0.3 is 10.2 Å². The van der Waals surface area contributed by atoms with E-state index in [2.05, 4.69) is 12.2 Å². The van der Waals surface area contributed by atoms with Gasteiger partial charge >= 0.3 is 0 Å². The van der Waals surface area contributed by atoms with Crippen LogP contribution in [0.1, 0.15) is 18.9 Å². The van der Waals surface area contributed by atoms with Crippen LogP contribution in [0, 0.1) is 6.92 Å². The second-order valence-corrected chi connectivity index (χ2v) is 4.45. The van der Waals surface area contributed by atoms with E-state index in [9.17, 15) is 4.79 Å². The Kier molecular flexibility index (Phi) is 3.06. The zero-order valence-corrected chi connectivity index (χ0v) is 10.3. The predicted octanol–water partition coefficient (Wildman–Crippen LogP) is 2.82. The van der Waals surface area contributed by atoms with Crippen LogP contribution in [0.25, 0.3) is 0 Å². The Balaban J connectivity index is 2.50. The number of nitrogens with one attached hydrogen (secondary N) is 1. The van der Waals surface area contributed by atoms with Gasteiger partial charge in [-0.15, -0.1) is 0 Å². The molecule has 0 fully saturated rings. The third kappa shape index (κ3) is 1.87. The van der Waals surface area contributed by atoms with Crippen LogP contribution in [0.3, 0.4) is 0 Å². The molecule has 0 aliphatic carbocycles. The number of hydrogen-bond acceptors (Lipinski definition) is 2. The van der Waals surface area contributed by atoms with Gasteiger partial charge in [0.15, 0.2) is 0 Å². The van der Waals surface area contributed by atoms with Gasteiger partial charge in [0, 0.05) is 6.54 Å². The van der Waals surface area contributed by atoms with Crippen molar-refractivity contribution in [3.63, 3.8) is 0 Å². The summed E-state index contributed by atoms with van der Waals surface area (Å²) in [5, 5.41) is 3.75. The van der Waals surface area contributed by atoms with Crippen molar-refractivity contribution in [3.8, 4) is 0 Å². The summed E-state index contributed by atoms with van der Waals surface area (Å²) in [4.78, 5) is 13.6. The van der Waals surface area contributed by atoms with E-state index in [0.717, 1.165) is 29.9 Å². The molecular formula is C12H15ClN2O. The summed E-state index contributed by atoms with van der Waals surface area (Å²) in [7, 11) is 0. The Bertz CT molecular complexity index is 431. The van der Waals surface area contributed by atoms with E-state index in [1.54, 1.807) is 4.90 Å². The molecule has 1 aliphatic rings. The van der Waals surface area contributed by atoms with Crippen LogP contribution in [-0.4, -0.2) is 19.0 Å². The maximum absolute atomic E-state index is 11.8. The van der Waals surface area contributed by atoms with Gasteiger partial charge in [0.25, 0.3) is 0 Å². The van der Waals surface area contributed by atoms with Gasteiger partial charge in [0.2, 0.25) is 5.91 Å². The fourth-order valence-electron chi connectivity index (χ4n) is 1.99. The van der Waals surface area contributed by atoms with E-state index < -0.39 is 0 Å². The van der Waals surface area contributed by atoms with Crippen molar-refractivity contribution in [3.05, 3.63) is 22.7 Å². The van der Waals surface area contributed by atoms with Crippen molar-refractivity contribution in [1.29, 1.82) is 0 Å². The van der Waals surface area contributed by atoms with E-state index in [4.69, 9.17) is 11.6 Å². The third-order valence-corrected chi connectivity index (χ3v) is 2.94. The number of rotatable bonds is 2. The highest BCUT2D eigenvalue weighted by Gasteiger charge is 2.25. The number of amides is 1. The third-order valence-electron chi connectivity index (χ3n) is 2.66. The van der Waals surface area contributed by atoms with Crippen molar-refractivity contribution in [2.24, 2.45) is 0 Å². The second kappa shape index (κ2) is 4.34. The molecule has 0 atom stereocenters. The Labute approximate surface area is 100 Å². The van der Waals surface area contributed by atoms with Gasteiger partial charge in [-0.2, -0.15) is 0 Å². The van der Waals surface area contributed by atoms with Crippen molar-refractivity contribution in [2.45, 2.75) is 20.3 Å². The molecule has 1 aliphatic heterocycles. The molecule has 0 radical (unpaired) electrons. The second-order valence-electron chi connectivity index (χ2n) is 4.04. The summed E-state index contributed by atoms with van der Waals surface area (Å²) in [6, 6.07) is 3.92. The normalized spacial score (nSPS) is 14.7. The molecule has 0 aromatic heterocycles. The van der Waals surface area contributed by atoms with E-state index >= 15 is 0 Å². The average Bonchev–Trinajstić information content (AvgIpc) is 2.22. The molecule has 1 amide bonds. The number of aryl methyl sites for hydroxylation is 1. The highest BCUT2D eigenvalue weighted by molar-refractivity contribution is 6.35. The van der Waals surface area contributed by atoms with Crippen LogP contribution in [-0.2, 0) is 4.79 Å². The van der Waals surface area contributed by atoms with Crippen molar-refractivity contribution < 1.29 is 4.79 Å². The molecule has 4 heteroatoms. The number of carbonyl (C=O) groups is 1. The molecule has 0 bridgehead atoms. The van der Waals surface area contributed by atoms with Crippen molar-refractivity contribution in [1.82, 2.24) is 0 Å². The zero-order valence-electron chi connectivity index (χ0n) is 9.51. The highest BCUT2D eigenvalue weighted by atomic mass is 35.5. The Morgan fingerprint density at radius 3 is 2.94 bits per heavy atom. The highest BCUT2D eigenvalue weighted by Crippen LogP contribution is 2.37. The number of fused-ring (bicyclic) bond motifs is 1. The first-order valence-electron chi connectivity index (χ1n) is 5.48. The van der Waals surface area contributed by atoms with E-state index in [1.807, 2.05) is 19.1 Å². The lowest BCUT2D eigenvalue weighted by atomic mass is 10.1. The summed E-state index contributed by atoms with van der Waals surface area (Å²) < 4.78 is 0. The number of carbonyl (C=O) groups excluding carboxylic acids is 1. The lowest BCUT2D eigenvalue weighted by Gasteiger charge is -2.31. The minimum Gasteiger partial charge on any atom is -0.374 e. The topological polar surface area (TPSA) is 32.3 Å². The van der Waals surface area contributed by atoms with Crippen LogP contribution in [0.2, 0.25) is 5.02 Å². The van der Waals surface area contributed by atoms with Crippen molar-refractivity contribution in [2.75, 3.05) is 23.3 Å². The Morgan fingerprint density at radius 2 is 2.25 bits per heavy atom. The minimum atomic E-state index is 0.0834. The Morgan fingerprint density at radius 1 is 1.50 bits per heavy atom. The average molecular weight is 239 g/mol. The zero-order chi connectivity index (χ0) is 11.7. The summed E-state index contributed by atoms with van der Waals surface area (Å²) in [5.74, 6) is 0.0834. The molecule has 0 saturated carbocycles. The number of anilines is 2. The molecule has 2 rings (SSSR count). The molecular weight excluding hydrogens is 224 g/mol. The van der Waals surface area contributed by atoms with Gasteiger partial charge in [-0.1, -0.05) is 18.5 Å². The number of halogens is 1. The molecule has 1 N–H and O–H groups in total. The molecule has 16 heavy (non-hydrogen) atoms. The first-order valence-corrected chi connectivity index (χ1v) is 5.85. The summed E-state index contributed by atoms with van der Waals surface area (Å²) in [6.45, 7) is 5.12. The summed E-state index contributed by atoms with van der Waals surface area (Å²) in [5.41, 5.74) is 2.88. The van der Waals surface area contributed by atoms with E-state index in [0.29, 0.717) is 11.6 Å². The maximum atomic E-state index is 11.8. The van der Waals surface area contributed by atoms with Gasteiger partial charge in [-0.3, -0.25) is 4.79 Å². The van der Waals surface area contributed by atoms with Crippen LogP contribution in [0.4, 0.5) is 11.4 Å². The lowest BCUT2D eigenvalue weighted by molar-refractivity contribution is -0.117. The fraction of sp³-hybridized carbons (Fsp3) is 0.417. The van der Waals surface area contributed by atoms with Crippen LogP contribution >= 0.6 is 11.6 Å². The molecule has 0 saturated heterocycles. The fourth-order valence-corrected chi connectivity index (χ4v) is 2.37. The molecule has 1 heterocycles. The van der Waals surface area contributed by atoms with Crippen LogP contribution < -0.4 is 10.2 Å². The molecule has 1 aromatic carbocycles. The van der Waals surface area contributed by atoms with E-state index in [1.165, 1.54) is 0 Å². The van der Waals surface area contributed by atoms with E-state index in [-0.39, 0.29) is 5.91 Å². The molecule has 0 spiro atoms. The van der Waals surface area contributed by atoms with Crippen molar-refractivity contribution >= 4 is 28.9 Å². The number of nitrogens with zero attached hydrogens (tertiary/aromatic N) is 1. The van der Waals surface area contributed by atoms with Crippen LogP contribution in [0.5, 0.6) is 0 Å². The van der Waals surface area contributed by atoms with Crippen LogP contribution in [0.15, 0.2) is 12.1 Å². The quantitative estimate of drug-likeness (QED) is 0.859. The minimum absolute atomic E-state index is 0.0834. The maximum Gasteiger partial charge on any atom is 0.246 e. The molecule has 3 nitrogen and oxygen atoms in total. The van der Waals surface area contributed by atoms with Gasteiger partial charge in [-0.25, -0.2) is 0 Å². The number of benzene rings is 1. The predicted molar refractivity (Wildman–Crippen MR) is 67.3 cm³/mol.